The highest BCUT2D eigenvalue weighted by Gasteiger charge is 2.44. The minimum Gasteiger partial charge on any atom is -0.393 e. The van der Waals surface area contributed by atoms with Crippen LogP contribution in [-0.2, 0) is 4.79 Å². The lowest BCUT2D eigenvalue weighted by Gasteiger charge is -2.38. The summed E-state index contributed by atoms with van der Waals surface area (Å²) in [6, 6.07) is -0.0465. The quantitative estimate of drug-likeness (QED) is 0.761. The standard InChI is InChI=1S/C11H18F3N3OS/c1-6-2-3-7(9(15)18)4-17(6)5-8(10(16)19)11(12,13)14/h6-8H,2-5H2,1H3,(H2,15,18)(H2,16,19). The molecule has 110 valence electrons. The summed E-state index contributed by atoms with van der Waals surface area (Å²) < 4.78 is 38.5. The topological polar surface area (TPSA) is 72.4 Å². The molecule has 8 heteroatoms. The highest BCUT2D eigenvalue weighted by molar-refractivity contribution is 7.80. The number of carbonyl (C=O) groups is 1. The van der Waals surface area contributed by atoms with Crippen LogP contribution in [-0.4, -0.2) is 41.1 Å². The molecule has 1 aliphatic rings. The van der Waals surface area contributed by atoms with Gasteiger partial charge in [-0.05, 0) is 19.8 Å². The highest BCUT2D eigenvalue weighted by atomic mass is 32.1. The van der Waals surface area contributed by atoms with Crippen molar-refractivity contribution in [2.24, 2.45) is 23.3 Å². The fraction of sp³-hybridized carbons (Fsp3) is 0.818. The molecule has 0 spiro atoms. The number of piperidine rings is 1. The van der Waals surface area contributed by atoms with Crippen molar-refractivity contribution in [3.8, 4) is 0 Å². The van der Waals surface area contributed by atoms with Crippen molar-refractivity contribution in [3.05, 3.63) is 0 Å². The Morgan fingerprint density at radius 1 is 1.42 bits per heavy atom. The van der Waals surface area contributed by atoms with Gasteiger partial charge in [0.25, 0.3) is 0 Å². The number of rotatable bonds is 4. The van der Waals surface area contributed by atoms with Crippen molar-refractivity contribution in [1.29, 1.82) is 0 Å². The number of hydrogen-bond donors (Lipinski definition) is 2. The van der Waals surface area contributed by atoms with Crippen molar-refractivity contribution in [3.63, 3.8) is 0 Å². The number of alkyl halides is 3. The zero-order valence-electron chi connectivity index (χ0n) is 10.6. The monoisotopic (exact) mass is 297 g/mol. The van der Waals surface area contributed by atoms with E-state index in [0.29, 0.717) is 12.8 Å². The van der Waals surface area contributed by atoms with E-state index in [0.717, 1.165) is 0 Å². The predicted octanol–water partition coefficient (Wildman–Crippen LogP) is 1.04. The Hall–Kier alpha value is -0.890. The van der Waals surface area contributed by atoms with Gasteiger partial charge in [0, 0.05) is 19.1 Å². The van der Waals surface area contributed by atoms with Gasteiger partial charge in [-0.1, -0.05) is 12.2 Å². The molecule has 0 aliphatic carbocycles. The van der Waals surface area contributed by atoms with Crippen LogP contribution >= 0.6 is 12.2 Å². The molecule has 1 aliphatic heterocycles. The van der Waals surface area contributed by atoms with Gasteiger partial charge in [-0.3, -0.25) is 9.69 Å². The van der Waals surface area contributed by atoms with Crippen molar-refractivity contribution in [2.45, 2.75) is 32.0 Å². The Kier molecular flexibility index (Phi) is 5.14. The molecule has 1 fully saturated rings. The van der Waals surface area contributed by atoms with Gasteiger partial charge in [0.05, 0.1) is 10.9 Å². The number of carbonyl (C=O) groups excluding carboxylic acids is 1. The number of likely N-dealkylation sites (tertiary alicyclic amines) is 1. The average molecular weight is 297 g/mol. The average Bonchev–Trinajstić information content (AvgIpc) is 2.25. The van der Waals surface area contributed by atoms with E-state index in [9.17, 15) is 18.0 Å². The Morgan fingerprint density at radius 2 is 2.00 bits per heavy atom. The van der Waals surface area contributed by atoms with Crippen molar-refractivity contribution >= 4 is 23.1 Å². The summed E-state index contributed by atoms with van der Waals surface area (Å²) in [4.78, 5) is 12.2. The largest absolute Gasteiger partial charge is 0.399 e. The molecular weight excluding hydrogens is 279 g/mol. The first-order valence-electron chi connectivity index (χ1n) is 6.02. The van der Waals surface area contributed by atoms with Gasteiger partial charge in [-0.2, -0.15) is 13.2 Å². The molecule has 0 saturated carbocycles. The molecular formula is C11H18F3N3OS. The van der Waals surface area contributed by atoms with E-state index in [-0.39, 0.29) is 19.1 Å². The predicted molar refractivity (Wildman–Crippen MR) is 69.3 cm³/mol. The Morgan fingerprint density at radius 3 is 2.42 bits per heavy atom. The number of nitrogens with two attached hydrogens (primary N) is 2. The van der Waals surface area contributed by atoms with Crippen LogP contribution in [0.25, 0.3) is 0 Å². The van der Waals surface area contributed by atoms with E-state index in [1.807, 2.05) is 6.92 Å². The molecule has 1 amide bonds. The Balaban J connectivity index is 2.76. The maximum atomic E-state index is 12.8. The molecule has 0 aromatic carbocycles. The van der Waals surface area contributed by atoms with Crippen LogP contribution in [0.5, 0.6) is 0 Å². The van der Waals surface area contributed by atoms with Crippen LogP contribution in [0, 0.1) is 11.8 Å². The molecule has 0 bridgehead atoms. The Labute approximate surface area is 115 Å². The lowest BCUT2D eigenvalue weighted by Crippen LogP contribution is -2.51. The lowest BCUT2D eigenvalue weighted by atomic mass is 9.92. The van der Waals surface area contributed by atoms with Crippen molar-refractivity contribution < 1.29 is 18.0 Å². The molecule has 1 rings (SSSR count). The summed E-state index contributed by atoms with van der Waals surface area (Å²) >= 11 is 4.49. The first-order chi connectivity index (χ1) is 8.62. The normalized spacial score (nSPS) is 26.9. The number of thiocarbonyl (C=S) groups is 1. The van der Waals surface area contributed by atoms with Gasteiger partial charge in [-0.15, -0.1) is 0 Å². The molecule has 19 heavy (non-hydrogen) atoms. The molecule has 4 nitrogen and oxygen atoms in total. The van der Waals surface area contributed by atoms with Crippen LogP contribution < -0.4 is 11.5 Å². The molecule has 0 radical (unpaired) electrons. The lowest BCUT2D eigenvalue weighted by molar-refractivity contribution is -0.161. The second kappa shape index (κ2) is 6.04. The summed E-state index contributed by atoms with van der Waals surface area (Å²) in [6.45, 7) is 1.74. The van der Waals surface area contributed by atoms with Crippen LogP contribution in [0.3, 0.4) is 0 Å². The molecule has 3 unspecified atom stereocenters. The van der Waals surface area contributed by atoms with Gasteiger partial charge in [0.15, 0.2) is 0 Å². The number of nitrogens with zero attached hydrogens (tertiary/aromatic N) is 1. The second-order valence-electron chi connectivity index (χ2n) is 4.98. The summed E-state index contributed by atoms with van der Waals surface area (Å²) in [7, 11) is 0. The zero-order chi connectivity index (χ0) is 14.8. The number of primary amides is 1. The minimum absolute atomic E-state index is 0.0465. The molecule has 3 atom stereocenters. The zero-order valence-corrected chi connectivity index (χ0v) is 11.4. The number of amides is 1. The van der Waals surface area contributed by atoms with E-state index in [4.69, 9.17) is 11.5 Å². The third-order valence-electron chi connectivity index (χ3n) is 3.57. The molecule has 1 heterocycles. The third-order valence-corrected chi connectivity index (χ3v) is 3.85. The smallest absolute Gasteiger partial charge is 0.393 e. The van der Waals surface area contributed by atoms with Crippen LogP contribution in [0.2, 0.25) is 0 Å². The molecule has 4 N–H and O–H groups in total. The summed E-state index contributed by atoms with van der Waals surface area (Å²) in [5.74, 6) is -2.73. The van der Waals surface area contributed by atoms with Crippen molar-refractivity contribution in [1.82, 2.24) is 4.90 Å². The van der Waals surface area contributed by atoms with Gasteiger partial charge in [0.1, 0.15) is 5.92 Å². The van der Waals surface area contributed by atoms with E-state index in [1.165, 1.54) is 0 Å². The van der Waals surface area contributed by atoms with Gasteiger partial charge < -0.3 is 11.5 Å². The second-order valence-corrected chi connectivity index (χ2v) is 5.45. The van der Waals surface area contributed by atoms with Crippen LogP contribution in [0.1, 0.15) is 19.8 Å². The van der Waals surface area contributed by atoms with Crippen LogP contribution in [0.4, 0.5) is 13.2 Å². The summed E-state index contributed by atoms with van der Waals surface area (Å²) in [6.07, 6.45) is -3.22. The van der Waals surface area contributed by atoms with E-state index in [2.05, 4.69) is 12.2 Å². The number of halogens is 3. The van der Waals surface area contributed by atoms with Gasteiger partial charge >= 0.3 is 6.18 Å². The SMILES string of the molecule is CC1CCC(C(N)=O)CN1CC(C(N)=S)C(F)(F)F. The first kappa shape index (κ1) is 16.2. The van der Waals surface area contributed by atoms with Crippen LogP contribution in [0.15, 0.2) is 0 Å². The Bertz CT molecular complexity index is 362. The summed E-state index contributed by atoms with van der Waals surface area (Å²) in [5, 5.41) is 0. The number of hydrogen-bond acceptors (Lipinski definition) is 3. The van der Waals surface area contributed by atoms with Gasteiger partial charge in [0.2, 0.25) is 5.91 Å². The highest BCUT2D eigenvalue weighted by Crippen LogP contribution is 2.30. The fourth-order valence-electron chi connectivity index (χ4n) is 2.26. The molecule has 0 aromatic rings. The maximum absolute atomic E-state index is 12.8. The van der Waals surface area contributed by atoms with E-state index < -0.39 is 28.9 Å². The first-order valence-corrected chi connectivity index (χ1v) is 6.43. The third kappa shape index (κ3) is 4.31. The molecule has 0 aromatic heterocycles. The van der Waals surface area contributed by atoms with Crippen molar-refractivity contribution in [2.75, 3.05) is 13.1 Å². The van der Waals surface area contributed by atoms with Gasteiger partial charge in [-0.25, -0.2) is 0 Å². The maximum Gasteiger partial charge on any atom is 0.399 e. The fourth-order valence-corrected chi connectivity index (χ4v) is 2.46. The van der Waals surface area contributed by atoms with E-state index >= 15 is 0 Å². The van der Waals surface area contributed by atoms with E-state index in [1.54, 1.807) is 4.90 Å². The summed E-state index contributed by atoms with van der Waals surface area (Å²) in [5.41, 5.74) is 10.4. The minimum atomic E-state index is -4.47. The molecule has 1 saturated heterocycles.